The molecule has 4 aromatic rings. The number of amides is 1. The maximum absolute atomic E-state index is 14.5. The number of hydrogen-bond donors (Lipinski definition) is 0. The number of anilines is 1. The Morgan fingerprint density at radius 1 is 0.818 bits per heavy atom. The van der Waals surface area contributed by atoms with E-state index in [0.29, 0.717) is 28.5 Å². The monoisotopic (exact) mass is 609 g/mol. The van der Waals surface area contributed by atoms with Gasteiger partial charge < -0.3 is 4.74 Å². The molecule has 1 aliphatic heterocycles. The van der Waals surface area contributed by atoms with Gasteiger partial charge in [0.05, 0.1) is 23.5 Å². The number of carbonyl (C=O) groups excluding carboxylic acids is 1. The molecule has 15 heteroatoms. The maximum atomic E-state index is 14.5. The van der Waals surface area contributed by atoms with Crippen molar-refractivity contribution in [1.82, 2.24) is 9.55 Å². The SMILES string of the molecule is COc1ccc(CN2C(=O)C(Cc3ccc([N+](=O)[O-])cc3)(Cc3ccc([N+](=O)[O-])cc3)n3c2nc(C(F)(F)F)cc3=O)cc1. The van der Waals surface area contributed by atoms with E-state index in [1.165, 1.54) is 55.6 Å². The van der Waals surface area contributed by atoms with Gasteiger partial charge in [0, 0.05) is 43.2 Å². The quantitative estimate of drug-likeness (QED) is 0.194. The minimum atomic E-state index is -4.99. The predicted molar refractivity (Wildman–Crippen MR) is 149 cm³/mol. The van der Waals surface area contributed by atoms with Crippen LogP contribution in [-0.2, 0) is 35.9 Å². The van der Waals surface area contributed by atoms with Crippen molar-refractivity contribution >= 4 is 23.2 Å². The highest BCUT2D eigenvalue weighted by Gasteiger charge is 2.53. The number of hydrogen-bond acceptors (Lipinski definition) is 8. The number of nitrogens with zero attached hydrogens (tertiary/aromatic N) is 5. The summed E-state index contributed by atoms with van der Waals surface area (Å²) in [5.41, 5.74) is -3.73. The zero-order valence-electron chi connectivity index (χ0n) is 22.9. The summed E-state index contributed by atoms with van der Waals surface area (Å²) in [4.78, 5) is 54.0. The van der Waals surface area contributed by atoms with Gasteiger partial charge in [-0.05, 0) is 28.8 Å². The molecule has 0 bridgehead atoms. The largest absolute Gasteiger partial charge is 0.497 e. The van der Waals surface area contributed by atoms with Crippen LogP contribution < -0.4 is 15.2 Å². The zero-order valence-corrected chi connectivity index (χ0v) is 22.9. The van der Waals surface area contributed by atoms with Crippen LogP contribution in [0.2, 0.25) is 0 Å². The summed E-state index contributed by atoms with van der Waals surface area (Å²) in [5, 5.41) is 22.4. The molecular weight excluding hydrogens is 587 g/mol. The summed E-state index contributed by atoms with van der Waals surface area (Å²) in [7, 11) is 1.45. The predicted octanol–water partition coefficient (Wildman–Crippen LogP) is 4.81. The third kappa shape index (κ3) is 5.58. The lowest BCUT2D eigenvalue weighted by Gasteiger charge is -2.30. The Balaban J connectivity index is 1.71. The molecule has 1 aromatic heterocycles. The number of benzene rings is 3. The third-order valence-electron chi connectivity index (χ3n) is 7.29. The van der Waals surface area contributed by atoms with E-state index in [1.807, 2.05) is 0 Å². The summed E-state index contributed by atoms with van der Waals surface area (Å²) >= 11 is 0. The zero-order chi connectivity index (χ0) is 31.8. The van der Waals surface area contributed by atoms with Gasteiger partial charge in [0.1, 0.15) is 11.3 Å². The number of non-ortho nitro benzene ring substituents is 2. The average molecular weight is 610 g/mol. The van der Waals surface area contributed by atoms with E-state index in [-0.39, 0.29) is 30.8 Å². The Kier molecular flexibility index (Phi) is 7.63. The van der Waals surface area contributed by atoms with Gasteiger partial charge in [-0.1, -0.05) is 36.4 Å². The van der Waals surface area contributed by atoms with Crippen molar-refractivity contribution < 1.29 is 32.5 Å². The number of nitro groups is 2. The highest BCUT2D eigenvalue weighted by Crippen LogP contribution is 2.40. The Morgan fingerprint density at radius 2 is 1.30 bits per heavy atom. The summed E-state index contributed by atoms with van der Waals surface area (Å²) in [6.45, 7) is -0.251. The molecule has 0 unspecified atom stereocenters. The number of alkyl halides is 3. The number of fused-ring (bicyclic) bond motifs is 1. The van der Waals surface area contributed by atoms with E-state index in [9.17, 15) is 43.0 Å². The second-order valence-corrected chi connectivity index (χ2v) is 10.1. The fourth-order valence-electron chi connectivity index (χ4n) is 5.21. The number of carbonyl (C=O) groups is 1. The molecule has 0 N–H and O–H groups in total. The van der Waals surface area contributed by atoms with E-state index in [4.69, 9.17) is 4.74 Å². The van der Waals surface area contributed by atoms with Crippen LogP contribution in [0, 0.1) is 20.2 Å². The molecule has 44 heavy (non-hydrogen) atoms. The van der Waals surface area contributed by atoms with E-state index < -0.39 is 44.7 Å². The second-order valence-electron chi connectivity index (χ2n) is 10.1. The normalized spacial score (nSPS) is 13.9. The van der Waals surface area contributed by atoms with Crippen LogP contribution in [-0.4, -0.2) is 32.4 Å². The van der Waals surface area contributed by atoms with Crippen molar-refractivity contribution in [1.29, 1.82) is 0 Å². The van der Waals surface area contributed by atoms with Gasteiger partial charge in [-0.2, -0.15) is 13.2 Å². The van der Waals surface area contributed by atoms with Crippen molar-refractivity contribution in [3.63, 3.8) is 0 Å². The summed E-state index contributed by atoms with van der Waals surface area (Å²) < 4.78 is 47.5. The van der Waals surface area contributed by atoms with Gasteiger partial charge in [-0.25, -0.2) is 4.98 Å². The molecule has 0 saturated carbocycles. The molecule has 2 heterocycles. The lowest BCUT2D eigenvalue weighted by Crippen LogP contribution is -2.49. The van der Waals surface area contributed by atoms with Crippen LogP contribution in [0.25, 0.3) is 0 Å². The van der Waals surface area contributed by atoms with E-state index in [2.05, 4.69) is 4.98 Å². The average Bonchev–Trinajstić information content (AvgIpc) is 3.20. The van der Waals surface area contributed by atoms with Crippen molar-refractivity contribution in [2.45, 2.75) is 31.1 Å². The molecule has 0 radical (unpaired) electrons. The summed E-state index contributed by atoms with van der Waals surface area (Å²) in [6, 6.07) is 17.1. The van der Waals surface area contributed by atoms with Gasteiger partial charge in [-0.15, -0.1) is 0 Å². The van der Waals surface area contributed by atoms with Gasteiger partial charge in [0.15, 0.2) is 5.69 Å². The van der Waals surface area contributed by atoms with Crippen molar-refractivity contribution in [3.8, 4) is 5.75 Å². The fourth-order valence-corrected chi connectivity index (χ4v) is 5.21. The van der Waals surface area contributed by atoms with Crippen molar-refractivity contribution in [2.75, 3.05) is 12.0 Å². The lowest BCUT2D eigenvalue weighted by molar-refractivity contribution is -0.385. The Labute approximate surface area is 246 Å². The molecule has 3 aromatic carbocycles. The molecule has 5 rings (SSSR count). The summed E-state index contributed by atoms with van der Waals surface area (Å²) in [6.07, 6.45) is -5.52. The van der Waals surface area contributed by atoms with Gasteiger partial charge in [0.25, 0.3) is 22.8 Å². The third-order valence-corrected chi connectivity index (χ3v) is 7.29. The number of aromatic nitrogens is 2. The molecule has 0 aliphatic carbocycles. The first-order valence-corrected chi connectivity index (χ1v) is 13.0. The van der Waals surface area contributed by atoms with Crippen LogP contribution in [0.15, 0.2) is 83.7 Å². The smallest absolute Gasteiger partial charge is 0.433 e. The molecule has 0 fully saturated rings. The Morgan fingerprint density at radius 3 is 1.73 bits per heavy atom. The van der Waals surface area contributed by atoms with Crippen LogP contribution in [0.3, 0.4) is 0 Å². The minimum Gasteiger partial charge on any atom is -0.497 e. The maximum Gasteiger partial charge on any atom is 0.433 e. The standard InChI is InChI=1S/C29H22F3N5O7/c1-44-23-12-6-20(7-13-23)17-34-26(39)28(15-18-2-8-21(9-3-18)36(40)41,16-19-4-10-22(11-5-19)37(42)43)35-25(38)14-24(29(30,31)32)33-27(34)35/h2-14H,15-17H2,1H3. The van der Waals surface area contributed by atoms with E-state index >= 15 is 0 Å². The molecule has 12 nitrogen and oxygen atoms in total. The number of rotatable bonds is 9. The number of methoxy groups -OCH3 is 1. The molecule has 0 spiro atoms. The first kappa shape index (κ1) is 29.9. The first-order chi connectivity index (χ1) is 20.8. The molecule has 0 saturated heterocycles. The summed E-state index contributed by atoms with van der Waals surface area (Å²) in [5.74, 6) is -0.787. The van der Waals surface area contributed by atoms with E-state index in [1.54, 1.807) is 24.3 Å². The number of ether oxygens (including phenoxy) is 1. The molecule has 1 amide bonds. The van der Waals surface area contributed by atoms with Gasteiger partial charge in [-0.3, -0.25) is 39.3 Å². The van der Waals surface area contributed by atoms with Crippen LogP contribution in [0.1, 0.15) is 22.4 Å². The molecule has 1 aliphatic rings. The Hall–Kier alpha value is -5.60. The lowest BCUT2D eigenvalue weighted by atomic mass is 9.83. The van der Waals surface area contributed by atoms with Gasteiger partial charge >= 0.3 is 6.18 Å². The van der Waals surface area contributed by atoms with Crippen molar-refractivity contribution in [3.05, 3.63) is 132 Å². The minimum absolute atomic E-state index is 0.230. The molecular formula is C29H22F3N5O7. The number of nitro benzene ring substituents is 2. The topological polar surface area (TPSA) is 151 Å². The van der Waals surface area contributed by atoms with Crippen LogP contribution in [0.5, 0.6) is 5.75 Å². The van der Waals surface area contributed by atoms with E-state index in [0.717, 1.165) is 9.47 Å². The van der Waals surface area contributed by atoms with Crippen LogP contribution in [0.4, 0.5) is 30.5 Å². The number of halogens is 3. The first-order valence-electron chi connectivity index (χ1n) is 13.0. The fraction of sp³-hybridized carbons (Fsp3) is 0.207. The highest BCUT2D eigenvalue weighted by atomic mass is 19.4. The molecule has 226 valence electrons. The Bertz CT molecular complexity index is 1750. The van der Waals surface area contributed by atoms with Crippen LogP contribution >= 0.6 is 0 Å². The van der Waals surface area contributed by atoms with Gasteiger partial charge in [0.2, 0.25) is 5.95 Å². The highest BCUT2D eigenvalue weighted by molar-refractivity contribution is 6.02. The van der Waals surface area contributed by atoms with Crippen molar-refractivity contribution in [2.24, 2.45) is 0 Å². The second kappa shape index (κ2) is 11.2. The molecule has 0 atom stereocenters.